The lowest BCUT2D eigenvalue weighted by Gasteiger charge is -2.34. The molecule has 2 heterocycles. The third kappa shape index (κ3) is 4.42. The smallest absolute Gasteiger partial charge is 0.416 e. The summed E-state index contributed by atoms with van der Waals surface area (Å²) < 4.78 is 51.7. The molecule has 0 spiro atoms. The van der Waals surface area contributed by atoms with Crippen LogP contribution in [0.15, 0.2) is 42.6 Å². The van der Waals surface area contributed by atoms with Crippen molar-refractivity contribution in [2.45, 2.75) is 6.18 Å². The SMILES string of the molecule is COCOc1cc(-n2ncc3cc(N4CCN(C(=O)O)CC4)ccc32)cc(C(F)(F)F)c1. The molecule has 0 radical (unpaired) electrons. The van der Waals surface area contributed by atoms with Crippen LogP contribution in [0, 0.1) is 0 Å². The van der Waals surface area contributed by atoms with E-state index in [9.17, 15) is 18.0 Å². The molecule has 1 aliphatic heterocycles. The number of rotatable bonds is 5. The van der Waals surface area contributed by atoms with E-state index in [1.807, 2.05) is 12.1 Å². The van der Waals surface area contributed by atoms with Crippen molar-refractivity contribution >= 4 is 22.7 Å². The van der Waals surface area contributed by atoms with Gasteiger partial charge < -0.3 is 24.4 Å². The van der Waals surface area contributed by atoms with Crippen molar-refractivity contribution in [3.05, 3.63) is 48.2 Å². The molecule has 1 aromatic heterocycles. The number of hydrogen-bond donors (Lipinski definition) is 1. The highest BCUT2D eigenvalue weighted by Gasteiger charge is 2.32. The molecule has 11 heteroatoms. The fourth-order valence-corrected chi connectivity index (χ4v) is 3.66. The lowest BCUT2D eigenvalue weighted by Crippen LogP contribution is -2.48. The van der Waals surface area contributed by atoms with Gasteiger partial charge in [-0.1, -0.05) is 0 Å². The Morgan fingerprint density at radius 3 is 2.50 bits per heavy atom. The quantitative estimate of drug-likeness (QED) is 0.596. The number of ether oxygens (including phenoxy) is 2. The van der Waals surface area contributed by atoms with Gasteiger partial charge in [-0.05, 0) is 30.3 Å². The van der Waals surface area contributed by atoms with Crippen LogP contribution in [0.2, 0.25) is 0 Å². The maximum absolute atomic E-state index is 13.4. The van der Waals surface area contributed by atoms with E-state index in [-0.39, 0.29) is 18.2 Å². The van der Waals surface area contributed by atoms with Crippen LogP contribution >= 0.6 is 0 Å². The second-order valence-corrected chi connectivity index (χ2v) is 7.32. The third-order valence-corrected chi connectivity index (χ3v) is 5.27. The van der Waals surface area contributed by atoms with Gasteiger partial charge in [0, 0.05) is 50.4 Å². The molecule has 1 amide bonds. The Labute approximate surface area is 181 Å². The number of methoxy groups -OCH3 is 1. The topological polar surface area (TPSA) is 80.1 Å². The highest BCUT2D eigenvalue weighted by molar-refractivity contribution is 5.84. The van der Waals surface area contributed by atoms with Crippen molar-refractivity contribution in [1.82, 2.24) is 14.7 Å². The summed E-state index contributed by atoms with van der Waals surface area (Å²) in [6, 6.07) is 8.95. The van der Waals surface area contributed by atoms with Crippen molar-refractivity contribution in [2.24, 2.45) is 0 Å². The van der Waals surface area contributed by atoms with E-state index in [1.165, 1.54) is 22.8 Å². The van der Waals surface area contributed by atoms with Crippen LogP contribution in [0.25, 0.3) is 16.6 Å². The van der Waals surface area contributed by atoms with Crippen LogP contribution in [0.3, 0.4) is 0 Å². The number of benzene rings is 2. The number of carboxylic acid groups (broad SMARTS) is 1. The van der Waals surface area contributed by atoms with E-state index in [1.54, 1.807) is 12.3 Å². The Kier molecular flexibility index (Phi) is 5.83. The zero-order valence-electron chi connectivity index (χ0n) is 17.2. The zero-order valence-corrected chi connectivity index (χ0v) is 17.2. The summed E-state index contributed by atoms with van der Waals surface area (Å²) >= 11 is 0. The van der Waals surface area contributed by atoms with Gasteiger partial charge in [0.1, 0.15) is 5.75 Å². The molecule has 1 aliphatic rings. The summed E-state index contributed by atoms with van der Waals surface area (Å²) in [6.07, 6.45) is -3.89. The number of halogens is 3. The predicted molar refractivity (Wildman–Crippen MR) is 110 cm³/mol. The maximum atomic E-state index is 13.4. The number of fused-ring (bicyclic) bond motifs is 1. The van der Waals surface area contributed by atoms with Gasteiger partial charge in [-0.2, -0.15) is 18.3 Å². The second-order valence-electron chi connectivity index (χ2n) is 7.32. The number of hydrogen-bond acceptors (Lipinski definition) is 5. The van der Waals surface area contributed by atoms with Gasteiger partial charge in [-0.15, -0.1) is 0 Å². The molecule has 32 heavy (non-hydrogen) atoms. The first-order chi connectivity index (χ1) is 15.3. The molecule has 2 aromatic carbocycles. The molecule has 4 rings (SSSR count). The standard InChI is InChI=1S/C21H21F3N4O4/c1-31-13-32-18-10-15(21(22,23)24)9-17(11-18)28-19-3-2-16(8-14(19)12-25-28)26-4-6-27(7-5-26)20(29)30/h2-3,8-12H,4-7,13H2,1H3,(H,29,30). The number of alkyl halides is 3. The minimum Gasteiger partial charge on any atom is -0.467 e. The minimum absolute atomic E-state index is 0.0215. The number of piperazine rings is 1. The normalized spacial score (nSPS) is 14.8. The molecule has 0 atom stereocenters. The fourth-order valence-electron chi connectivity index (χ4n) is 3.66. The van der Waals surface area contributed by atoms with Gasteiger partial charge in [-0.25, -0.2) is 9.48 Å². The summed E-state index contributed by atoms with van der Waals surface area (Å²) in [4.78, 5) is 14.5. The molecule has 0 aliphatic carbocycles. The maximum Gasteiger partial charge on any atom is 0.416 e. The first kappa shape index (κ1) is 21.8. The van der Waals surface area contributed by atoms with Crippen molar-refractivity contribution in [1.29, 1.82) is 0 Å². The first-order valence-electron chi connectivity index (χ1n) is 9.81. The number of carbonyl (C=O) groups is 1. The van der Waals surface area contributed by atoms with Gasteiger partial charge in [-0.3, -0.25) is 0 Å². The molecule has 1 saturated heterocycles. The predicted octanol–water partition coefficient (Wildman–Crippen LogP) is 3.83. The number of nitrogens with zero attached hydrogens (tertiary/aromatic N) is 4. The van der Waals surface area contributed by atoms with Crippen LogP contribution in [-0.4, -0.2) is 66.0 Å². The van der Waals surface area contributed by atoms with Crippen LogP contribution in [0.1, 0.15) is 5.56 Å². The largest absolute Gasteiger partial charge is 0.467 e. The second kappa shape index (κ2) is 8.58. The van der Waals surface area contributed by atoms with Gasteiger partial charge >= 0.3 is 12.3 Å². The number of amides is 1. The summed E-state index contributed by atoms with van der Waals surface area (Å²) in [5.41, 5.74) is 0.895. The molecule has 8 nitrogen and oxygen atoms in total. The van der Waals surface area contributed by atoms with Gasteiger partial charge in [0.15, 0.2) is 6.79 Å². The lowest BCUT2D eigenvalue weighted by atomic mass is 10.1. The molecular weight excluding hydrogens is 429 g/mol. The summed E-state index contributed by atoms with van der Waals surface area (Å²) in [5.74, 6) is 0.0215. The van der Waals surface area contributed by atoms with Crippen LogP contribution in [0.5, 0.6) is 5.75 Å². The minimum atomic E-state index is -4.55. The average molecular weight is 450 g/mol. The van der Waals surface area contributed by atoms with Crippen molar-refractivity contribution in [2.75, 3.05) is 45.0 Å². The van der Waals surface area contributed by atoms with Crippen molar-refractivity contribution in [3.8, 4) is 11.4 Å². The van der Waals surface area contributed by atoms with Crippen LogP contribution < -0.4 is 9.64 Å². The Morgan fingerprint density at radius 2 is 1.84 bits per heavy atom. The van der Waals surface area contributed by atoms with Gasteiger partial charge in [0.05, 0.1) is 23.0 Å². The first-order valence-corrected chi connectivity index (χ1v) is 9.81. The van der Waals surface area contributed by atoms with E-state index >= 15 is 0 Å². The summed E-state index contributed by atoms with van der Waals surface area (Å²) in [7, 11) is 1.38. The molecule has 170 valence electrons. The highest BCUT2D eigenvalue weighted by atomic mass is 19.4. The summed E-state index contributed by atoms with van der Waals surface area (Å²) in [6.45, 7) is 1.74. The van der Waals surface area contributed by atoms with E-state index in [0.29, 0.717) is 31.7 Å². The van der Waals surface area contributed by atoms with Crippen LogP contribution in [0.4, 0.5) is 23.7 Å². The Hall–Kier alpha value is -3.47. The average Bonchev–Trinajstić information content (AvgIpc) is 3.20. The molecular formula is C21H21F3N4O4. The number of aromatic nitrogens is 2. The van der Waals surface area contributed by atoms with E-state index in [2.05, 4.69) is 10.00 Å². The van der Waals surface area contributed by atoms with Gasteiger partial charge in [0.2, 0.25) is 0 Å². The molecule has 1 fully saturated rings. The zero-order chi connectivity index (χ0) is 22.9. The Balaban J connectivity index is 1.65. The molecule has 0 unspecified atom stereocenters. The van der Waals surface area contributed by atoms with Gasteiger partial charge in [0.25, 0.3) is 0 Å². The Morgan fingerprint density at radius 1 is 1.09 bits per heavy atom. The van der Waals surface area contributed by atoms with E-state index < -0.39 is 17.8 Å². The molecule has 1 N–H and O–H groups in total. The lowest BCUT2D eigenvalue weighted by molar-refractivity contribution is -0.137. The van der Waals surface area contributed by atoms with Crippen LogP contribution in [-0.2, 0) is 10.9 Å². The fraction of sp³-hybridized carbons (Fsp3) is 0.333. The van der Waals surface area contributed by atoms with Crippen molar-refractivity contribution in [3.63, 3.8) is 0 Å². The third-order valence-electron chi connectivity index (χ3n) is 5.27. The number of anilines is 1. The van der Waals surface area contributed by atoms with E-state index in [0.717, 1.165) is 23.2 Å². The van der Waals surface area contributed by atoms with Crippen molar-refractivity contribution < 1.29 is 32.5 Å². The molecule has 3 aromatic rings. The summed E-state index contributed by atoms with van der Waals surface area (Å²) in [5, 5.41) is 14.1. The molecule has 0 bridgehead atoms. The van der Waals surface area contributed by atoms with E-state index in [4.69, 9.17) is 14.6 Å². The Bertz CT molecular complexity index is 1120. The monoisotopic (exact) mass is 450 g/mol. The highest BCUT2D eigenvalue weighted by Crippen LogP contribution is 2.34. The molecule has 0 saturated carbocycles.